The number of carbonyl (C=O) groups excluding carboxylic acids is 2. The molecular formula is C21H32N6O2. The molecule has 1 aromatic heterocycles. The van der Waals surface area contributed by atoms with Crippen LogP contribution < -0.4 is 10.6 Å². The van der Waals surface area contributed by atoms with Crippen molar-refractivity contribution < 1.29 is 9.59 Å². The summed E-state index contributed by atoms with van der Waals surface area (Å²) in [5.74, 6) is 2.55. The molecule has 1 saturated heterocycles. The zero-order valence-electron chi connectivity index (χ0n) is 17.1. The van der Waals surface area contributed by atoms with Gasteiger partial charge in [0.25, 0.3) is 0 Å². The lowest BCUT2D eigenvalue weighted by molar-refractivity contribution is -0.132. The van der Waals surface area contributed by atoms with Crippen LogP contribution in [0.2, 0.25) is 0 Å². The fraction of sp³-hybridized carbons (Fsp3) is 0.810. The van der Waals surface area contributed by atoms with Crippen LogP contribution in [0, 0.1) is 17.8 Å². The Balaban J connectivity index is 1.04. The monoisotopic (exact) mass is 400 g/mol. The van der Waals surface area contributed by atoms with E-state index in [4.69, 9.17) is 0 Å². The van der Waals surface area contributed by atoms with Crippen molar-refractivity contribution in [3.63, 3.8) is 0 Å². The Hall–Kier alpha value is -2.12. The van der Waals surface area contributed by atoms with Crippen LogP contribution in [0.25, 0.3) is 0 Å². The van der Waals surface area contributed by atoms with Gasteiger partial charge in [0.05, 0.1) is 6.04 Å². The number of hydrogen-bond acceptors (Lipinski definition) is 4. The maximum atomic E-state index is 12.5. The van der Waals surface area contributed by atoms with Gasteiger partial charge in [-0.3, -0.25) is 4.79 Å². The zero-order chi connectivity index (χ0) is 19.8. The summed E-state index contributed by atoms with van der Waals surface area (Å²) in [6.07, 6.45) is 13.0. The summed E-state index contributed by atoms with van der Waals surface area (Å²) in [7, 11) is 0. The van der Waals surface area contributed by atoms with Crippen molar-refractivity contribution in [3.05, 3.63) is 12.7 Å². The number of nitrogens with zero attached hydrogens (tertiary/aromatic N) is 4. The lowest BCUT2D eigenvalue weighted by Crippen LogP contribution is -2.61. The van der Waals surface area contributed by atoms with Crippen LogP contribution in [0.3, 0.4) is 0 Å². The second-order valence-electron chi connectivity index (χ2n) is 9.82. The zero-order valence-corrected chi connectivity index (χ0v) is 17.1. The van der Waals surface area contributed by atoms with Gasteiger partial charge in [-0.05, 0) is 69.1 Å². The van der Waals surface area contributed by atoms with E-state index in [1.807, 2.05) is 9.58 Å². The number of rotatable bonds is 5. The van der Waals surface area contributed by atoms with Crippen LogP contribution >= 0.6 is 0 Å². The molecule has 0 unspecified atom stereocenters. The molecule has 4 bridgehead atoms. The normalized spacial score (nSPS) is 33.7. The molecular weight excluding hydrogens is 368 g/mol. The smallest absolute Gasteiger partial charge is 0.315 e. The quantitative estimate of drug-likeness (QED) is 0.792. The summed E-state index contributed by atoms with van der Waals surface area (Å²) < 4.78 is 1.89. The third-order valence-corrected chi connectivity index (χ3v) is 7.67. The Morgan fingerprint density at radius 1 is 1.03 bits per heavy atom. The van der Waals surface area contributed by atoms with E-state index in [1.54, 1.807) is 12.7 Å². The molecule has 5 fully saturated rings. The minimum Gasteiger partial charge on any atom is -0.342 e. The lowest BCUT2D eigenvalue weighted by atomic mass is 9.53. The first-order valence-corrected chi connectivity index (χ1v) is 11.3. The molecule has 1 aromatic rings. The third kappa shape index (κ3) is 3.98. The van der Waals surface area contributed by atoms with Crippen molar-refractivity contribution in [3.8, 4) is 0 Å². The molecule has 6 rings (SSSR count). The van der Waals surface area contributed by atoms with Crippen molar-refractivity contribution >= 4 is 11.9 Å². The molecule has 4 aliphatic carbocycles. The molecule has 158 valence electrons. The molecule has 0 aromatic carbocycles. The minimum absolute atomic E-state index is 0.0199. The highest BCUT2D eigenvalue weighted by atomic mass is 16.2. The average molecular weight is 401 g/mol. The fourth-order valence-electron chi connectivity index (χ4n) is 6.78. The average Bonchev–Trinajstić information content (AvgIpc) is 3.21. The molecule has 1 aliphatic heterocycles. The van der Waals surface area contributed by atoms with E-state index in [9.17, 15) is 9.59 Å². The molecule has 0 radical (unpaired) electrons. The number of amides is 3. The van der Waals surface area contributed by atoms with E-state index in [1.165, 1.54) is 19.3 Å². The molecule has 0 atom stereocenters. The van der Waals surface area contributed by atoms with Gasteiger partial charge in [0.15, 0.2) is 0 Å². The van der Waals surface area contributed by atoms with Crippen molar-refractivity contribution in [1.29, 1.82) is 0 Å². The number of hydrogen-bond donors (Lipinski definition) is 2. The molecule has 0 spiro atoms. The predicted octanol–water partition coefficient (Wildman–Crippen LogP) is 2.10. The molecule has 2 N–H and O–H groups in total. The van der Waals surface area contributed by atoms with Gasteiger partial charge in [-0.15, -0.1) is 0 Å². The van der Waals surface area contributed by atoms with Crippen molar-refractivity contribution in [2.75, 3.05) is 19.6 Å². The fourth-order valence-corrected chi connectivity index (χ4v) is 6.78. The first-order valence-electron chi connectivity index (χ1n) is 11.3. The second kappa shape index (κ2) is 7.61. The topological polar surface area (TPSA) is 92.2 Å². The van der Waals surface area contributed by atoms with Gasteiger partial charge in [-0.1, -0.05) is 0 Å². The van der Waals surface area contributed by atoms with Crippen molar-refractivity contribution in [2.45, 2.75) is 69.4 Å². The number of likely N-dealkylation sites (tertiary alicyclic amines) is 1. The largest absolute Gasteiger partial charge is 0.342 e. The molecule has 5 aliphatic rings. The van der Waals surface area contributed by atoms with Gasteiger partial charge >= 0.3 is 6.03 Å². The summed E-state index contributed by atoms with van der Waals surface area (Å²) in [4.78, 5) is 30.9. The summed E-state index contributed by atoms with van der Waals surface area (Å²) in [6.45, 7) is 1.88. The highest BCUT2D eigenvalue weighted by molar-refractivity contribution is 5.78. The van der Waals surface area contributed by atoms with E-state index >= 15 is 0 Å². The first kappa shape index (κ1) is 18.9. The summed E-state index contributed by atoms with van der Waals surface area (Å²) in [5, 5.41) is 10.5. The standard InChI is InChI=1S/C21H32N6O2/c28-19(26-5-2-18(3-6-26)27-14-22-13-24-27)1-4-23-20(29)25-21-10-15-7-16(11-21)9-17(8-15)12-21/h13-18H,1-12H2,(H2,23,25,29). The number of urea groups is 1. The Morgan fingerprint density at radius 2 is 1.69 bits per heavy atom. The van der Waals surface area contributed by atoms with Gasteiger partial charge in [0.1, 0.15) is 12.7 Å². The molecule has 4 saturated carbocycles. The van der Waals surface area contributed by atoms with Crippen LogP contribution in [0.5, 0.6) is 0 Å². The Morgan fingerprint density at radius 3 is 2.28 bits per heavy atom. The van der Waals surface area contributed by atoms with Gasteiger partial charge in [0.2, 0.25) is 5.91 Å². The van der Waals surface area contributed by atoms with E-state index in [0.717, 1.165) is 62.9 Å². The van der Waals surface area contributed by atoms with Crippen LogP contribution in [0.15, 0.2) is 12.7 Å². The van der Waals surface area contributed by atoms with E-state index in [0.29, 0.717) is 19.0 Å². The van der Waals surface area contributed by atoms with Gasteiger partial charge in [-0.25, -0.2) is 14.5 Å². The van der Waals surface area contributed by atoms with Crippen LogP contribution in [0.1, 0.15) is 63.8 Å². The van der Waals surface area contributed by atoms with Crippen LogP contribution in [0.4, 0.5) is 4.79 Å². The number of carbonyl (C=O) groups is 2. The van der Waals surface area contributed by atoms with Gasteiger partial charge in [0, 0.05) is 31.6 Å². The SMILES string of the molecule is O=C(NCCC(=O)N1CCC(n2cncn2)CC1)NC12CC3CC(CC(C3)C1)C2. The van der Waals surface area contributed by atoms with E-state index in [2.05, 4.69) is 20.7 Å². The lowest BCUT2D eigenvalue weighted by Gasteiger charge is -2.56. The second-order valence-corrected chi connectivity index (χ2v) is 9.82. The Kier molecular flexibility index (Phi) is 4.95. The Labute approximate surface area is 171 Å². The minimum atomic E-state index is -0.0929. The highest BCUT2D eigenvalue weighted by Gasteiger charge is 2.51. The predicted molar refractivity (Wildman–Crippen MR) is 107 cm³/mol. The third-order valence-electron chi connectivity index (χ3n) is 7.67. The maximum absolute atomic E-state index is 12.5. The molecule has 3 amide bonds. The summed E-state index contributed by atoms with van der Waals surface area (Å²) in [5.41, 5.74) is 0.0199. The summed E-state index contributed by atoms with van der Waals surface area (Å²) in [6, 6.07) is 0.232. The van der Waals surface area contributed by atoms with Gasteiger partial charge < -0.3 is 15.5 Å². The van der Waals surface area contributed by atoms with Gasteiger partial charge in [-0.2, -0.15) is 5.10 Å². The van der Waals surface area contributed by atoms with Crippen LogP contribution in [-0.4, -0.2) is 56.8 Å². The molecule has 8 nitrogen and oxygen atoms in total. The van der Waals surface area contributed by atoms with Crippen molar-refractivity contribution in [2.24, 2.45) is 17.8 Å². The van der Waals surface area contributed by atoms with E-state index < -0.39 is 0 Å². The van der Waals surface area contributed by atoms with Crippen LogP contribution in [-0.2, 0) is 4.79 Å². The summed E-state index contributed by atoms with van der Waals surface area (Å²) >= 11 is 0. The molecule has 2 heterocycles. The van der Waals surface area contributed by atoms with E-state index in [-0.39, 0.29) is 17.5 Å². The highest BCUT2D eigenvalue weighted by Crippen LogP contribution is 2.55. The van der Waals surface area contributed by atoms with Crippen molar-refractivity contribution in [1.82, 2.24) is 30.3 Å². The number of aromatic nitrogens is 3. The molecule has 8 heteroatoms. The number of piperidine rings is 1. The maximum Gasteiger partial charge on any atom is 0.315 e. The number of nitrogens with one attached hydrogen (secondary N) is 2. The first-order chi connectivity index (χ1) is 14.1. The molecule has 29 heavy (non-hydrogen) atoms. The Bertz CT molecular complexity index is 705.